The van der Waals surface area contributed by atoms with E-state index in [1.807, 2.05) is 31.2 Å². The maximum absolute atomic E-state index is 12.5. The molecule has 1 aliphatic heterocycles. The molecule has 0 aliphatic carbocycles. The zero-order valence-electron chi connectivity index (χ0n) is 16.9. The maximum atomic E-state index is 12.5. The van der Waals surface area contributed by atoms with Crippen LogP contribution in [0.25, 0.3) is 0 Å². The molecule has 0 unspecified atom stereocenters. The molecular weight excluding hydrogens is 354 g/mol. The molecular formula is C21H29N5O2. The van der Waals surface area contributed by atoms with E-state index in [9.17, 15) is 4.79 Å². The molecule has 0 bridgehead atoms. The lowest BCUT2D eigenvalue weighted by atomic mass is 10.1. The van der Waals surface area contributed by atoms with E-state index in [1.165, 1.54) is 0 Å². The number of carbonyl (C=O) groups is 1. The van der Waals surface area contributed by atoms with Crippen LogP contribution in [0.2, 0.25) is 0 Å². The first-order chi connectivity index (χ1) is 13.6. The van der Waals surface area contributed by atoms with Crippen molar-refractivity contribution in [1.29, 1.82) is 0 Å². The van der Waals surface area contributed by atoms with Gasteiger partial charge in [0, 0.05) is 38.9 Å². The highest BCUT2D eigenvalue weighted by Crippen LogP contribution is 2.14. The Kier molecular flexibility index (Phi) is 6.81. The number of anilines is 1. The van der Waals surface area contributed by atoms with Gasteiger partial charge in [-0.2, -0.15) is 0 Å². The van der Waals surface area contributed by atoms with E-state index in [-0.39, 0.29) is 5.91 Å². The number of hydrogen-bond acceptors (Lipinski definition) is 6. The lowest BCUT2D eigenvalue weighted by molar-refractivity contribution is 0.0952. The number of rotatable bonds is 7. The van der Waals surface area contributed by atoms with Crippen LogP contribution in [-0.4, -0.2) is 67.2 Å². The Hall–Kier alpha value is -2.67. The Balaban J connectivity index is 1.53. The van der Waals surface area contributed by atoms with Crippen molar-refractivity contribution in [1.82, 2.24) is 20.2 Å². The molecule has 1 N–H and O–H groups in total. The van der Waals surface area contributed by atoms with Crippen molar-refractivity contribution in [3.05, 3.63) is 47.3 Å². The number of methoxy groups -OCH3 is 1. The largest absolute Gasteiger partial charge is 0.497 e. The molecule has 1 aromatic heterocycles. The van der Waals surface area contributed by atoms with Crippen LogP contribution in [-0.2, 0) is 6.42 Å². The summed E-state index contributed by atoms with van der Waals surface area (Å²) in [5, 5.41) is 2.96. The van der Waals surface area contributed by atoms with Crippen molar-refractivity contribution in [2.75, 3.05) is 51.3 Å². The first kappa shape index (κ1) is 20.1. The highest BCUT2D eigenvalue weighted by molar-refractivity contribution is 5.95. The number of nitrogens with zero attached hydrogens (tertiary/aromatic N) is 4. The van der Waals surface area contributed by atoms with Crippen LogP contribution < -0.4 is 15.0 Å². The van der Waals surface area contributed by atoms with Crippen molar-refractivity contribution in [2.45, 2.75) is 20.3 Å². The van der Waals surface area contributed by atoms with Crippen LogP contribution in [0, 0.1) is 6.92 Å². The average Bonchev–Trinajstić information content (AvgIpc) is 2.74. The molecule has 0 atom stereocenters. The van der Waals surface area contributed by atoms with Crippen molar-refractivity contribution in [2.24, 2.45) is 0 Å². The Morgan fingerprint density at radius 1 is 1.18 bits per heavy atom. The maximum Gasteiger partial charge on any atom is 0.254 e. The van der Waals surface area contributed by atoms with Crippen LogP contribution in [0.3, 0.4) is 0 Å². The summed E-state index contributed by atoms with van der Waals surface area (Å²) in [7, 11) is 1.65. The van der Waals surface area contributed by atoms with Crippen molar-refractivity contribution in [3.8, 4) is 5.75 Å². The summed E-state index contributed by atoms with van der Waals surface area (Å²) in [6.45, 7) is 9.55. The SMILES string of the molecule is CCN1CCN(c2ncc(C(=O)NCCc3ccc(OC)cc3)c(C)n2)CC1. The van der Waals surface area contributed by atoms with Gasteiger partial charge in [0.05, 0.1) is 18.4 Å². The van der Waals surface area contributed by atoms with Gasteiger partial charge in [0.1, 0.15) is 5.75 Å². The molecule has 150 valence electrons. The number of nitrogens with one attached hydrogen (secondary N) is 1. The highest BCUT2D eigenvalue weighted by atomic mass is 16.5. The fourth-order valence-electron chi connectivity index (χ4n) is 3.30. The number of piperazine rings is 1. The van der Waals surface area contributed by atoms with Crippen LogP contribution in [0.4, 0.5) is 5.95 Å². The van der Waals surface area contributed by atoms with Gasteiger partial charge in [-0.25, -0.2) is 9.97 Å². The van der Waals surface area contributed by atoms with E-state index in [2.05, 4.69) is 32.0 Å². The lowest BCUT2D eigenvalue weighted by Crippen LogP contribution is -2.46. The van der Waals surface area contributed by atoms with Gasteiger partial charge in [-0.1, -0.05) is 19.1 Å². The van der Waals surface area contributed by atoms with Gasteiger partial charge in [0.2, 0.25) is 5.95 Å². The zero-order chi connectivity index (χ0) is 19.9. The second-order valence-corrected chi connectivity index (χ2v) is 6.94. The predicted octanol–water partition coefficient (Wildman–Crippen LogP) is 1.91. The Bertz CT molecular complexity index is 786. The standard InChI is InChI=1S/C21H29N5O2/c1-4-25-11-13-26(14-12-25)21-23-15-19(16(2)24-21)20(27)22-10-9-17-5-7-18(28-3)8-6-17/h5-8,15H,4,9-14H2,1-3H3,(H,22,27). The quantitative estimate of drug-likeness (QED) is 0.788. The number of benzene rings is 1. The van der Waals surface area contributed by atoms with Crippen LogP contribution >= 0.6 is 0 Å². The number of ether oxygens (including phenoxy) is 1. The summed E-state index contributed by atoms with van der Waals surface area (Å²) in [6, 6.07) is 7.86. The van der Waals surface area contributed by atoms with Gasteiger partial charge >= 0.3 is 0 Å². The number of aromatic nitrogens is 2. The first-order valence-electron chi connectivity index (χ1n) is 9.82. The molecule has 0 spiro atoms. The second-order valence-electron chi connectivity index (χ2n) is 6.94. The minimum Gasteiger partial charge on any atom is -0.497 e. The van der Waals surface area contributed by atoms with Gasteiger partial charge in [-0.15, -0.1) is 0 Å². The molecule has 0 radical (unpaired) electrons. The molecule has 3 rings (SSSR count). The van der Waals surface area contributed by atoms with Crippen molar-refractivity contribution in [3.63, 3.8) is 0 Å². The van der Waals surface area contributed by atoms with E-state index < -0.39 is 0 Å². The summed E-state index contributed by atoms with van der Waals surface area (Å²) in [5.41, 5.74) is 2.39. The predicted molar refractivity (Wildman–Crippen MR) is 110 cm³/mol. The second kappa shape index (κ2) is 9.50. The third kappa shape index (κ3) is 4.98. The topological polar surface area (TPSA) is 70.6 Å². The van der Waals surface area contributed by atoms with Crippen LogP contribution in [0.1, 0.15) is 28.5 Å². The molecule has 1 aromatic carbocycles. The van der Waals surface area contributed by atoms with Gasteiger partial charge in [-0.3, -0.25) is 4.79 Å². The molecule has 7 nitrogen and oxygen atoms in total. The van der Waals surface area contributed by atoms with Gasteiger partial charge in [0.15, 0.2) is 0 Å². The molecule has 1 saturated heterocycles. The minimum absolute atomic E-state index is 0.131. The fourth-order valence-corrected chi connectivity index (χ4v) is 3.30. The van der Waals surface area contributed by atoms with Gasteiger partial charge in [0.25, 0.3) is 5.91 Å². The number of amides is 1. The van der Waals surface area contributed by atoms with E-state index in [4.69, 9.17) is 4.74 Å². The molecule has 1 amide bonds. The van der Waals surface area contributed by atoms with Crippen molar-refractivity contribution < 1.29 is 9.53 Å². The number of likely N-dealkylation sites (N-methyl/N-ethyl adjacent to an activating group) is 1. The van der Waals surface area contributed by atoms with Crippen molar-refractivity contribution >= 4 is 11.9 Å². The van der Waals surface area contributed by atoms with E-state index in [0.29, 0.717) is 23.8 Å². The minimum atomic E-state index is -0.131. The van der Waals surface area contributed by atoms with E-state index in [0.717, 1.165) is 50.5 Å². The van der Waals surface area contributed by atoms with E-state index in [1.54, 1.807) is 13.3 Å². The summed E-state index contributed by atoms with van der Waals surface area (Å²) in [6.07, 6.45) is 2.40. The fraction of sp³-hybridized carbons (Fsp3) is 0.476. The summed E-state index contributed by atoms with van der Waals surface area (Å²) in [5.74, 6) is 1.41. The summed E-state index contributed by atoms with van der Waals surface area (Å²) in [4.78, 5) is 26.1. The molecule has 2 aromatic rings. The Labute approximate surface area is 166 Å². The van der Waals surface area contributed by atoms with Gasteiger partial charge in [-0.05, 0) is 37.6 Å². The Morgan fingerprint density at radius 3 is 2.50 bits per heavy atom. The third-order valence-electron chi connectivity index (χ3n) is 5.17. The average molecular weight is 383 g/mol. The molecule has 1 fully saturated rings. The monoisotopic (exact) mass is 383 g/mol. The molecule has 0 saturated carbocycles. The lowest BCUT2D eigenvalue weighted by Gasteiger charge is -2.34. The van der Waals surface area contributed by atoms with Crippen LogP contribution in [0.15, 0.2) is 30.5 Å². The normalized spacial score (nSPS) is 14.8. The van der Waals surface area contributed by atoms with E-state index >= 15 is 0 Å². The van der Waals surface area contributed by atoms with Crippen LogP contribution in [0.5, 0.6) is 5.75 Å². The summed E-state index contributed by atoms with van der Waals surface area (Å²) < 4.78 is 5.16. The molecule has 1 aliphatic rings. The third-order valence-corrected chi connectivity index (χ3v) is 5.17. The smallest absolute Gasteiger partial charge is 0.254 e. The first-order valence-corrected chi connectivity index (χ1v) is 9.82. The molecule has 7 heteroatoms. The molecule has 28 heavy (non-hydrogen) atoms. The highest BCUT2D eigenvalue weighted by Gasteiger charge is 2.19. The number of aryl methyl sites for hydroxylation is 1. The molecule has 2 heterocycles. The zero-order valence-corrected chi connectivity index (χ0v) is 16.9. The summed E-state index contributed by atoms with van der Waals surface area (Å²) >= 11 is 0. The Morgan fingerprint density at radius 2 is 1.89 bits per heavy atom. The van der Waals surface area contributed by atoms with Gasteiger partial charge < -0.3 is 19.9 Å². The number of hydrogen-bond donors (Lipinski definition) is 1. The number of carbonyl (C=O) groups excluding carboxylic acids is 1.